The van der Waals surface area contributed by atoms with Crippen LogP contribution in [-0.4, -0.2) is 15.4 Å². The molecule has 1 heterocycles. The molecule has 2 aromatic carbocycles. The summed E-state index contributed by atoms with van der Waals surface area (Å²) in [6, 6.07) is 17.0. The van der Waals surface area contributed by atoms with E-state index in [4.69, 9.17) is 16.6 Å². The molecule has 0 radical (unpaired) electrons. The van der Waals surface area contributed by atoms with Crippen LogP contribution in [-0.2, 0) is 12.8 Å². The molecule has 3 aromatic rings. The Labute approximate surface area is 130 Å². The van der Waals surface area contributed by atoms with Gasteiger partial charge in [0.1, 0.15) is 5.82 Å². The van der Waals surface area contributed by atoms with E-state index in [2.05, 4.69) is 54.0 Å². The minimum atomic E-state index is 0.581. The number of fused-ring (bicyclic) bond motifs is 1. The first kappa shape index (κ1) is 14.2. The van der Waals surface area contributed by atoms with Crippen molar-refractivity contribution in [2.45, 2.75) is 26.2 Å². The predicted octanol–water partition coefficient (Wildman–Crippen LogP) is 4.76. The minimum Gasteiger partial charge on any atom is -0.296 e. The Kier molecular flexibility index (Phi) is 4.26. The standard InChI is InChI=1S/C18H19ClN2/c1-2-5-14-8-10-15(11-9-14)21-17-7-4-3-6-16(17)20-18(21)12-13-19/h3-4,6-11H,2,5,12-13H2,1H3. The molecule has 0 saturated heterocycles. The maximum atomic E-state index is 5.94. The molecule has 1 aromatic heterocycles. The molecule has 0 aliphatic rings. The highest BCUT2D eigenvalue weighted by Gasteiger charge is 2.11. The molecule has 0 aliphatic heterocycles. The number of aryl methyl sites for hydroxylation is 2. The van der Waals surface area contributed by atoms with Crippen molar-refractivity contribution in [3.63, 3.8) is 0 Å². The fourth-order valence-corrected chi connectivity index (χ4v) is 2.89. The fraction of sp³-hybridized carbons (Fsp3) is 0.278. The van der Waals surface area contributed by atoms with E-state index >= 15 is 0 Å². The number of halogens is 1. The fourth-order valence-electron chi connectivity index (χ4n) is 2.72. The largest absolute Gasteiger partial charge is 0.296 e. The van der Waals surface area contributed by atoms with Crippen LogP contribution in [0.25, 0.3) is 16.7 Å². The zero-order chi connectivity index (χ0) is 14.7. The van der Waals surface area contributed by atoms with E-state index in [1.165, 1.54) is 12.0 Å². The molecule has 0 spiro atoms. The molecule has 108 valence electrons. The Hall–Kier alpha value is -1.80. The van der Waals surface area contributed by atoms with Crippen LogP contribution in [0.3, 0.4) is 0 Å². The van der Waals surface area contributed by atoms with Crippen LogP contribution >= 0.6 is 11.6 Å². The van der Waals surface area contributed by atoms with Gasteiger partial charge in [-0.15, -0.1) is 11.6 Å². The van der Waals surface area contributed by atoms with E-state index in [-0.39, 0.29) is 0 Å². The van der Waals surface area contributed by atoms with Crippen LogP contribution in [0.4, 0.5) is 0 Å². The Morgan fingerprint density at radius 1 is 1.00 bits per heavy atom. The van der Waals surface area contributed by atoms with Gasteiger partial charge in [0.2, 0.25) is 0 Å². The summed E-state index contributed by atoms with van der Waals surface area (Å²) in [5.74, 6) is 1.60. The number of rotatable bonds is 5. The van der Waals surface area contributed by atoms with Crippen LogP contribution in [0, 0.1) is 0 Å². The molecule has 0 aliphatic carbocycles. The second-order valence-electron chi connectivity index (χ2n) is 5.21. The van der Waals surface area contributed by atoms with Crippen LogP contribution in [0.2, 0.25) is 0 Å². The number of benzene rings is 2. The van der Waals surface area contributed by atoms with Gasteiger partial charge in [0.15, 0.2) is 0 Å². The predicted molar refractivity (Wildman–Crippen MR) is 89.5 cm³/mol. The van der Waals surface area contributed by atoms with Crippen molar-refractivity contribution in [1.29, 1.82) is 0 Å². The Morgan fingerprint density at radius 2 is 1.76 bits per heavy atom. The van der Waals surface area contributed by atoms with E-state index in [1.54, 1.807) is 0 Å². The summed E-state index contributed by atoms with van der Waals surface area (Å²) in [7, 11) is 0. The van der Waals surface area contributed by atoms with Crippen molar-refractivity contribution in [3.8, 4) is 5.69 Å². The van der Waals surface area contributed by atoms with Crippen molar-refractivity contribution in [2.24, 2.45) is 0 Å². The summed E-state index contributed by atoms with van der Waals surface area (Å²) >= 11 is 5.94. The highest BCUT2D eigenvalue weighted by Crippen LogP contribution is 2.22. The van der Waals surface area contributed by atoms with Gasteiger partial charge >= 0.3 is 0 Å². The van der Waals surface area contributed by atoms with Crippen LogP contribution in [0.1, 0.15) is 24.7 Å². The number of imidazole rings is 1. The molecule has 0 unspecified atom stereocenters. The summed E-state index contributed by atoms with van der Waals surface area (Å²) in [6.07, 6.45) is 3.07. The van der Waals surface area contributed by atoms with Gasteiger partial charge in [-0.05, 0) is 36.2 Å². The first-order valence-electron chi connectivity index (χ1n) is 7.45. The Balaban J connectivity index is 2.11. The molecule has 0 atom stereocenters. The molecule has 3 heteroatoms. The molecule has 0 N–H and O–H groups in total. The van der Waals surface area contributed by atoms with E-state index in [0.29, 0.717) is 5.88 Å². The third kappa shape index (κ3) is 2.81. The van der Waals surface area contributed by atoms with Gasteiger partial charge in [-0.25, -0.2) is 4.98 Å². The topological polar surface area (TPSA) is 17.8 Å². The summed E-state index contributed by atoms with van der Waals surface area (Å²) < 4.78 is 2.22. The van der Waals surface area contributed by atoms with E-state index in [0.717, 1.165) is 35.4 Å². The molecule has 0 saturated carbocycles. The van der Waals surface area contributed by atoms with Crippen LogP contribution in [0.5, 0.6) is 0 Å². The number of aromatic nitrogens is 2. The zero-order valence-electron chi connectivity index (χ0n) is 12.2. The SMILES string of the molecule is CCCc1ccc(-n2c(CCCl)nc3ccccc32)cc1. The minimum absolute atomic E-state index is 0.581. The molecule has 2 nitrogen and oxygen atoms in total. The molecule has 0 fully saturated rings. The van der Waals surface area contributed by atoms with Gasteiger partial charge in [0.25, 0.3) is 0 Å². The molecule has 0 amide bonds. The molecular formula is C18H19ClN2. The first-order valence-corrected chi connectivity index (χ1v) is 7.98. The second-order valence-corrected chi connectivity index (χ2v) is 5.59. The van der Waals surface area contributed by atoms with Crippen molar-refractivity contribution < 1.29 is 0 Å². The monoisotopic (exact) mass is 298 g/mol. The smallest absolute Gasteiger partial charge is 0.115 e. The quantitative estimate of drug-likeness (QED) is 0.621. The normalized spacial score (nSPS) is 11.1. The van der Waals surface area contributed by atoms with Gasteiger partial charge in [0, 0.05) is 18.0 Å². The summed E-state index contributed by atoms with van der Waals surface area (Å²) in [4.78, 5) is 4.72. The van der Waals surface area contributed by atoms with Crippen molar-refractivity contribution in [2.75, 3.05) is 5.88 Å². The number of para-hydroxylation sites is 2. The van der Waals surface area contributed by atoms with Crippen molar-refractivity contribution in [1.82, 2.24) is 9.55 Å². The van der Waals surface area contributed by atoms with Crippen molar-refractivity contribution in [3.05, 3.63) is 59.9 Å². The van der Waals surface area contributed by atoms with Gasteiger partial charge < -0.3 is 0 Å². The maximum Gasteiger partial charge on any atom is 0.115 e. The lowest BCUT2D eigenvalue weighted by molar-refractivity contribution is 0.902. The molecule has 3 rings (SSSR count). The highest BCUT2D eigenvalue weighted by molar-refractivity contribution is 6.17. The number of alkyl halides is 1. The Bertz CT molecular complexity index is 729. The highest BCUT2D eigenvalue weighted by atomic mass is 35.5. The third-order valence-corrected chi connectivity index (χ3v) is 3.87. The summed E-state index contributed by atoms with van der Waals surface area (Å²) in [6.45, 7) is 2.20. The molecule has 0 bridgehead atoms. The second kappa shape index (κ2) is 6.31. The van der Waals surface area contributed by atoms with E-state index < -0.39 is 0 Å². The maximum absolute atomic E-state index is 5.94. The average Bonchev–Trinajstić information content (AvgIpc) is 2.87. The lowest BCUT2D eigenvalue weighted by Crippen LogP contribution is -2.02. The first-order chi connectivity index (χ1) is 10.3. The number of hydrogen-bond donors (Lipinski definition) is 0. The van der Waals surface area contributed by atoms with Gasteiger partial charge in [0.05, 0.1) is 11.0 Å². The van der Waals surface area contributed by atoms with Crippen LogP contribution in [0.15, 0.2) is 48.5 Å². The lowest BCUT2D eigenvalue weighted by atomic mass is 10.1. The van der Waals surface area contributed by atoms with Crippen molar-refractivity contribution >= 4 is 22.6 Å². The zero-order valence-corrected chi connectivity index (χ0v) is 13.0. The Morgan fingerprint density at radius 3 is 2.48 bits per heavy atom. The van der Waals surface area contributed by atoms with Gasteiger partial charge in [-0.2, -0.15) is 0 Å². The van der Waals surface area contributed by atoms with Crippen LogP contribution < -0.4 is 0 Å². The van der Waals surface area contributed by atoms with Gasteiger partial charge in [-0.3, -0.25) is 4.57 Å². The molecular weight excluding hydrogens is 280 g/mol. The van der Waals surface area contributed by atoms with Gasteiger partial charge in [-0.1, -0.05) is 37.6 Å². The summed E-state index contributed by atoms with van der Waals surface area (Å²) in [5, 5.41) is 0. The summed E-state index contributed by atoms with van der Waals surface area (Å²) in [5.41, 5.74) is 4.70. The number of hydrogen-bond acceptors (Lipinski definition) is 1. The molecule has 21 heavy (non-hydrogen) atoms. The third-order valence-electron chi connectivity index (χ3n) is 3.68. The van der Waals surface area contributed by atoms with E-state index in [9.17, 15) is 0 Å². The van der Waals surface area contributed by atoms with E-state index in [1.807, 2.05) is 6.07 Å². The number of nitrogens with zero attached hydrogens (tertiary/aromatic N) is 2. The lowest BCUT2D eigenvalue weighted by Gasteiger charge is -2.09. The average molecular weight is 299 g/mol.